The molecule has 0 atom stereocenters. The summed E-state index contributed by atoms with van der Waals surface area (Å²) in [5, 5.41) is 3.34. The third kappa shape index (κ3) is 6.13. The van der Waals surface area contributed by atoms with Gasteiger partial charge in [-0.15, -0.1) is 0 Å². The fourth-order valence-electron chi connectivity index (χ4n) is 1.64. The lowest BCUT2D eigenvalue weighted by Gasteiger charge is -2.23. The zero-order valence-corrected chi connectivity index (χ0v) is 13.7. The largest absolute Gasteiger partial charge is 0.405 e. The molecule has 0 heterocycles. The first kappa shape index (κ1) is 17.3. The Morgan fingerprint density at radius 2 is 1.80 bits per heavy atom. The van der Waals surface area contributed by atoms with Crippen LogP contribution in [0, 0.1) is 0 Å². The Balaban J connectivity index is 2.77. The zero-order chi connectivity index (χ0) is 15.6. The second-order valence-electron chi connectivity index (χ2n) is 5.85. The van der Waals surface area contributed by atoms with E-state index in [2.05, 4.69) is 42.0 Å². The Labute approximate surface area is 126 Å². The third-order valence-corrected chi connectivity index (χ3v) is 3.44. The highest BCUT2D eigenvalue weighted by Crippen LogP contribution is 2.26. The quantitative estimate of drug-likeness (QED) is 0.867. The highest BCUT2D eigenvalue weighted by Gasteiger charge is 2.29. The van der Waals surface area contributed by atoms with Gasteiger partial charge < -0.3 is 10.2 Å². The van der Waals surface area contributed by atoms with Gasteiger partial charge in [0.15, 0.2) is 0 Å². The molecule has 0 radical (unpaired) electrons. The van der Waals surface area contributed by atoms with Gasteiger partial charge in [-0.3, -0.25) is 0 Å². The summed E-state index contributed by atoms with van der Waals surface area (Å²) in [4.78, 5) is 1.19. The van der Waals surface area contributed by atoms with Crippen LogP contribution in [0.3, 0.4) is 0 Å². The molecule has 0 bridgehead atoms. The summed E-state index contributed by atoms with van der Waals surface area (Å²) < 4.78 is 37.9. The van der Waals surface area contributed by atoms with Gasteiger partial charge in [0.05, 0.1) is 0 Å². The van der Waals surface area contributed by atoms with Crippen molar-refractivity contribution in [1.82, 2.24) is 5.32 Å². The van der Waals surface area contributed by atoms with Crippen LogP contribution in [0.4, 0.5) is 18.9 Å². The molecule has 1 N–H and O–H groups in total. The first-order chi connectivity index (χ1) is 8.98. The van der Waals surface area contributed by atoms with Crippen LogP contribution < -0.4 is 10.2 Å². The van der Waals surface area contributed by atoms with Crippen molar-refractivity contribution in [2.24, 2.45) is 0 Å². The van der Waals surface area contributed by atoms with E-state index in [0.717, 1.165) is 10.0 Å². The van der Waals surface area contributed by atoms with Crippen molar-refractivity contribution in [2.45, 2.75) is 39.0 Å². The summed E-state index contributed by atoms with van der Waals surface area (Å²) in [6.07, 6.45) is -4.20. The molecule has 0 aliphatic heterocycles. The molecule has 1 aromatic rings. The van der Waals surface area contributed by atoms with E-state index >= 15 is 0 Å². The molecule has 20 heavy (non-hydrogen) atoms. The number of nitrogens with zero attached hydrogens (tertiary/aromatic N) is 1. The second kappa shape index (κ2) is 6.35. The van der Waals surface area contributed by atoms with Gasteiger partial charge in [-0.1, -0.05) is 22.0 Å². The Morgan fingerprint density at radius 1 is 1.20 bits per heavy atom. The van der Waals surface area contributed by atoms with Crippen molar-refractivity contribution in [1.29, 1.82) is 0 Å². The summed E-state index contributed by atoms with van der Waals surface area (Å²) in [6.45, 7) is 5.89. The van der Waals surface area contributed by atoms with E-state index in [1.807, 2.05) is 6.07 Å². The van der Waals surface area contributed by atoms with E-state index in [-0.39, 0.29) is 5.54 Å². The number of hydrogen-bond acceptors (Lipinski definition) is 2. The minimum Gasteiger partial charge on any atom is -0.366 e. The van der Waals surface area contributed by atoms with E-state index in [9.17, 15) is 13.2 Å². The van der Waals surface area contributed by atoms with Gasteiger partial charge in [0.2, 0.25) is 0 Å². The monoisotopic (exact) mass is 352 g/mol. The van der Waals surface area contributed by atoms with E-state index < -0.39 is 12.7 Å². The van der Waals surface area contributed by atoms with E-state index in [1.165, 1.54) is 11.9 Å². The second-order valence-corrected chi connectivity index (χ2v) is 6.70. The van der Waals surface area contributed by atoms with Gasteiger partial charge >= 0.3 is 6.18 Å². The smallest absolute Gasteiger partial charge is 0.366 e. The summed E-state index contributed by atoms with van der Waals surface area (Å²) >= 11 is 3.41. The summed E-state index contributed by atoms with van der Waals surface area (Å²) in [5.41, 5.74) is 1.54. The standard InChI is InChI=1S/C14H20BrF3N2/c1-13(2,3)19-8-10-5-6-11(7-12(10)15)20(4)9-14(16,17)18/h5-7,19H,8-9H2,1-4H3. The molecule has 0 saturated carbocycles. The Hall–Kier alpha value is -0.750. The Bertz CT molecular complexity index is 453. The number of rotatable bonds is 4. The number of anilines is 1. The van der Waals surface area contributed by atoms with Crippen molar-refractivity contribution in [2.75, 3.05) is 18.5 Å². The lowest BCUT2D eigenvalue weighted by molar-refractivity contribution is -0.119. The molecule has 0 unspecified atom stereocenters. The number of alkyl halides is 3. The van der Waals surface area contributed by atoms with E-state index in [0.29, 0.717) is 12.2 Å². The SMILES string of the molecule is CN(CC(F)(F)F)c1ccc(CNC(C)(C)C)c(Br)c1. The van der Waals surface area contributed by atoms with Crippen molar-refractivity contribution in [3.8, 4) is 0 Å². The zero-order valence-electron chi connectivity index (χ0n) is 12.1. The number of hydrogen-bond donors (Lipinski definition) is 1. The number of nitrogens with one attached hydrogen (secondary N) is 1. The number of halogens is 4. The molecule has 1 rings (SSSR count). The van der Waals surface area contributed by atoms with Crippen molar-refractivity contribution in [3.63, 3.8) is 0 Å². The lowest BCUT2D eigenvalue weighted by Crippen LogP contribution is -2.35. The summed E-state index contributed by atoms with van der Waals surface area (Å²) in [6, 6.07) is 5.26. The van der Waals surface area contributed by atoms with Gasteiger partial charge in [0.25, 0.3) is 0 Å². The molecule has 6 heteroatoms. The van der Waals surface area contributed by atoms with Crippen LogP contribution in [-0.2, 0) is 6.54 Å². The van der Waals surface area contributed by atoms with Crippen LogP contribution >= 0.6 is 15.9 Å². The third-order valence-electron chi connectivity index (χ3n) is 2.70. The maximum atomic E-state index is 12.4. The fourth-order valence-corrected chi connectivity index (χ4v) is 2.14. The average molecular weight is 353 g/mol. The molecule has 0 saturated heterocycles. The first-order valence-electron chi connectivity index (χ1n) is 6.29. The molecule has 1 aromatic carbocycles. The van der Waals surface area contributed by atoms with E-state index in [1.54, 1.807) is 12.1 Å². The van der Waals surface area contributed by atoms with Gasteiger partial charge in [-0.05, 0) is 38.5 Å². The van der Waals surface area contributed by atoms with Crippen molar-refractivity contribution < 1.29 is 13.2 Å². The maximum absolute atomic E-state index is 12.4. The maximum Gasteiger partial charge on any atom is 0.405 e. The van der Waals surface area contributed by atoms with E-state index in [4.69, 9.17) is 0 Å². The average Bonchev–Trinajstić information content (AvgIpc) is 2.23. The molecule has 0 aromatic heterocycles. The van der Waals surface area contributed by atoms with Gasteiger partial charge in [-0.2, -0.15) is 13.2 Å². The van der Waals surface area contributed by atoms with Crippen LogP contribution in [-0.4, -0.2) is 25.3 Å². The topological polar surface area (TPSA) is 15.3 Å². The molecule has 0 aliphatic carbocycles. The normalized spacial score (nSPS) is 12.6. The fraction of sp³-hybridized carbons (Fsp3) is 0.571. The molecule has 0 spiro atoms. The Kier molecular flexibility index (Phi) is 5.49. The predicted octanol–water partition coefficient (Wildman–Crippen LogP) is 4.34. The highest BCUT2D eigenvalue weighted by atomic mass is 79.9. The van der Waals surface area contributed by atoms with Crippen molar-refractivity contribution in [3.05, 3.63) is 28.2 Å². The Morgan fingerprint density at radius 3 is 2.25 bits per heavy atom. The minimum atomic E-state index is -4.20. The molecule has 114 valence electrons. The van der Waals surface area contributed by atoms with Gasteiger partial charge in [0, 0.05) is 29.3 Å². The molecule has 0 amide bonds. The van der Waals surface area contributed by atoms with Crippen LogP contribution in [0.15, 0.2) is 22.7 Å². The molecular weight excluding hydrogens is 333 g/mol. The summed E-state index contributed by atoms with van der Waals surface area (Å²) in [7, 11) is 1.43. The summed E-state index contributed by atoms with van der Waals surface area (Å²) in [5.74, 6) is 0. The predicted molar refractivity (Wildman–Crippen MR) is 80.1 cm³/mol. The van der Waals surface area contributed by atoms with Crippen LogP contribution in [0.2, 0.25) is 0 Å². The molecule has 0 aliphatic rings. The van der Waals surface area contributed by atoms with Crippen LogP contribution in [0.1, 0.15) is 26.3 Å². The van der Waals surface area contributed by atoms with Crippen molar-refractivity contribution >= 4 is 21.6 Å². The molecular formula is C14H20BrF3N2. The molecule has 0 fully saturated rings. The highest BCUT2D eigenvalue weighted by molar-refractivity contribution is 9.10. The van der Waals surface area contributed by atoms with Gasteiger partial charge in [-0.25, -0.2) is 0 Å². The minimum absolute atomic E-state index is 0.00874. The number of benzene rings is 1. The van der Waals surface area contributed by atoms with Gasteiger partial charge in [0.1, 0.15) is 6.54 Å². The van der Waals surface area contributed by atoms with Crippen LogP contribution in [0.5, 0.6) is 0 Å². The molecule has 2 nitrogen and oxygen atoms in total. The lowest BCUT2D eigenvalue weighted by atomic mass is 10.1. The van der Waals surface area contributed by atoms with Crippen LogP contribution in [0.25, 0.3) is 0 Å². The first-order valence-corrected chi connectivity index (χ1v) is 7.08.